The van der Waals surface area contributed by atoms with E-state index in [0.717, 1.165) is 12.8 Å². The zero-order valence-electron chi connectivity index (χ0n) is 10.2. The molecule has 15 heavy (non-hydrogen) atoms. The van der Waals surface area contributed by atoms with E-state index in [4.69, 9.17) is 0 Å². The molecule has 4 nitrogen and oxygen atoms in total. The number of esters is 1. The molecule has 0 N–H and O–H groups in total. The summed E-state index contributed by atoms with van der Waals surface area (Å²) in [6.45, 7) is 2.15. The lowest BCUT2D eigenvalue weighted by atomic mass is 10.2. The van der Waals surface area contributed by atoms with Gasteiger partial charge in [0.05, 0.1) is 7.11 Å². The van der Waals surface area contributed by atoms with Crippen LogP contribution in [0.4, 0.5) is 0 Å². The lowest BCUT2D eigenvalue weighted by molar-refractivity contribution is -0.140. The Morgan fingerprint density at radius 1 is 1.07 bits per heavy atom. The van der Waals surface area contributed by atoms with Crippen molar-refractivity contribution in [2.24, 2.45) is 0 Å². The van der Waals surface area contributed by atoms with Crippen LogP contribution in [0, 0.1) is 0 Å². The number of carbonyl (C=O) groups is 1. The Hall–Kier alpha value is -0.180. The van der Waals surface area contributed by atoms with E-state index < -0.39 is 0 Å². The fraction of sp³-hybridized carbons (Fsp3) is 0.900. The van der Waals surface area contributed by atoms with Gasteiger partial charge in [0.2, 0.25) is 0 Å². The van der Waals surface area contributed by atoms with Gasteiger partial charge in [-0.25, -0.2) is 0 Å². The van der Waals surface area contributed by atoms with Crippen molar-refractivity contribution < 1.29 is 18.6 Å². The molecule has 0 saturated carbocycles. The SMILES string of the molecule is CCCCCCC(=O)OC.COPOC. The third-order valence-corrected chi connectivity index (χ3v) is 1.96. The fourth-order valence-corrected chi connectivity index (χ4v) is 1.05. The van der Waals surface area contributed by atoms with E-state index in [-0.39, 0.29) is 15.0 Å². The van der Waals surface area contributed by atoms with Crippen molar-refractivity contribution in [1.29, 1.82) is 0 Å². The van der Waals surface area contributed by atoms with Gasteiger partial charge in [-0.05, 0) is 6.42 Å². The summed E-state index contributed by atoms with van der Waals surface area (Å²) in [6, 6.07) is 0. The predicted molar refractivity (Wildman–Crippen MR) is 63.1 cm³/mol. The van der Waals surface area contributed by atoms with E-state index in [9.17, 15) is 4.79 Å². The monoisotopic (exact) mass is 238 g/mol. The molecule has 0 aliphatic carbocycles. The van der Waals surface area contributed by atoms with Crippen LogP contribution in [-0.4, -0.2) is 27.3 Å². The van der Waals surface area contributed by atoms with Crippen LogP contribution in [0.1, 0.15) is 39.0 Å². The first-order valence-electron chi connectivity index (χ1n) is 5.10. The Bertz CT molecular complexity index is 129. The third kappa shape index (κ3) is 20.0. The molecule has 0 bridgehead atoms. The summed E-state index contributed by atoms with van der Waals surface area (Å²) >= 11 is 0. The molecule has 92 valence electrons. The van der Waals surface area contributed by atoms with Crippen LogP contribution in [0.5, 0.6) is 0 Å². The Kier molecular flexibility index (Phi) is 18.7. The molecule has 5 heteroatoms. The average molecular weight is 238 g/mol. The highest BCUT2D eigenvalue weighted by molar-refractivity contribution is 7.26. The van der Waals surface area contributed by atoms with Gasteiger partial charge in [0, 0.05) is 20.6 Å². The van der Waals surface area contributed by atoms with Crippen molar-refractivity contribution in [3.8, 4) is 0 Å². The maximum absolute atomic E-state index is 10.6. The summed E-state index contributed by atoms with van der Waals surface area (Å²) in [6.07, 6.45) is 5.13. The average Bonchev–Trinajstić information content (AvgIpc) is 2.26. The molecule has 0 aromatic carbocycles. The van der Waals surface area contributed by atoms with Crippen LogP contribution in [0.25, 0.3) is 0 Å². The van der Waals surface area contributed by atoms with Gasteiger partial charge in [-0.1, -0.05) is 26.2 Å². The Morgan fingerprint density at radius 2 is 1.67 bits per heavy atom. The van der Waals surface area contributed by atoms with Crippen LogP contribution < -0.4 is 0 Å². The van der Waals surface area contributed by atoms with Gasteiger partial charge < -0.3 is 13.8 Å². The lowest BCUT2D eigenvalue weighted by Gasteiger charge is -1.97. The van der Waals surface area contributed by atoms with E-state index in [2.05, 4.69) is 20.7 Å². The van der Waals surface area contributed by atoms with Gasteiger partial charge in [-0.15, -0.1) is 0 Å². The van der Waals surface area contributed by atoms with Crippen molar-refractivity contribution in [3.05, 3.63) is 0 Å². The number of methoxy groups -OCH3 is 1. The molecule has 0 aromatic heterocycles. The van der Waals surface area contributed by atoms with Gasteiger partial charge in [-0.3, -0.25) is 4.79 Å². The molecule has 0 unspecified atom stereocenters. The van der Waals surface area contributed by atoms with Gasteiger partial charge in [0.1, 0.15) is 0 Å². The number of ether oxygens (including phenoxy) is 1. The molecule has 0 fully saturated rings. The second-order valence-electron chi connectivity index (χ2n) is 2.88. The Labute approximate surface area is 94.6 Å². The minimum Gasteiger partial charge on any atom is -0.469 e. The van der Waals surface area contributed by atoms with Gasteiger partial charge in [0.15, 0.2) is 9.03 Å². The molecule has 0 aliphatic rings. The van der Waals surface area contributed by atoms with E-state index >= 15 is 0 Å². The molecule has 0 rings (SSSR count). The molecule has 0 amide bonds. The number of unbranched alkanes of at least 4 members (excludes halogenated alkanes) is 3. The van der Waals surface area contributed by atoms with Crippen LogP contribution >= 0.6 is 9.03 Å². The fourth-order valence-electron chi connectivity index (χ4n) is 0.882. The van der Waals surface area contributed by atoms with Crippen molar-refractivity contribution in [3.63, 3.8) is 0 Å². The van der Waals surface area contributed by atoms with Crippen LogP contribution in [-0.2, 0) is 18.6 Å². The molecule has 0 saturated heterocycles. The van der Waals surface area contributed by atoms with Gasteiger partial charge in [-0.2, -0.15) is 0 Å². The maximum atomic E-state index is 10.6. The van der Waals surface area contributed by atoms with Crippen LogP contribution in [0.15, 0.2) is 0 Å². The summed E-state index contributed by atoms with van der Waals surface area (Å²) < 4.78 is 13.5. The Balaban J connectivity index is 0. The number of hydrogen-bond donors (Lipinski definition) is 0. The first-order chi connectivity index (χ1) is 7.22. The topological polar surface area (TPSA) is 44.8 Å². The van der Waals surface area contributed by atoms with E-state index in [1.165, 1.54) is 20.0 Å². The number of hydrogen-bond acceptors (Lipinski definition) is 4. The highest BCUT2D eigenvalue weighted by atomic mass is 31.1. The standard InChI is InChI=1S/C8H16O2.C2H7O2P/c1-3-4-5-6-7-8(9)10-2;1-3-5-4-2/h3-7H2,1-2H3;5H,1-2H3. The quantitative estimate of drug-likeness (QED) is 0.388. The number of rotatable bonds is 7. The number of carbonyl (C=O) groups excluding carboxylic acids is 1. The minimum absolute atomic E-state index is 0.0869. The second kappa shape index (κ2) is 16.3. The third-order valence-electron chi connectivity index (χ3n) is 1.63. The molecule has 0 spiro atoms. The first kappa shape index (κ1) is 17.2. The summed E-state index contributed by atoms with van der Waals surface area (Å²) in [7, 11) is 4.83. The van der Waals surface area contributed by atoms with E-state index in [0.29, 0.717) is 6.42 Å². The highest BCUT2D eigenvalue weighted by Crippen LogP contribution is 2.06. The van der Waals surface area contributed by atoms with Crippen LogP contribution in [0.3, 0.4) is 0 Å². The summed E-state index contributed by atoms with van der Waals surface area (Å²) in [5.41, 5.74) is 0. The summed E-state index contributed by atoms with van der Waals surface area (Å²) in [4.78, 5) is 10.6. The van der Waals surface area contributed by atoms with Gasteiger partial charge >= 0.3 is 5.97 Å². The van der Waals surface area contributed by atoms with E-state index in [1.807, 2.05) is 0 Å². The van der Waals surface area contributed by atoms with Crippen molar-refractivity contribution in [2.45, 2.75) is 39.0 Å². The summed E-state index contributed by atoms with van der Waals surface area (Å²) in [5.74, 6) is -0.0869. The summed E-state index contributed by atoms with van der Waals surface area (Å²) in [5, 5.41) is 0. The molecule has 0 aromatic rings. The predicted octanol–water partition coefficient (Wildman–Crippen LogP) is 2.92. The smallest absolute Gasteiger partial charge is 0.305 e. The molecule has 0 radical (unpaired) electrons. The highest BCUT2D eigenvalue weighted by Gasteiger charge is 1.97. The van der Waals surface area contributed by atoms with Crippen molar-refractivity contribution >= 4 is 15.0 Å². The van der Waals surface area contributed by atoms with E-state index in [1.54, 1.807) is 14.2 Å². The van der Waals surface area contributed by atoms with Crippen molar-refractivity contribution in [2.75, 3.05) is 21.3 Å². The van der Waals surface area contributed by atoms with Gasteiger partial charge in [0.25, 0.3) is 0 Å². The second-order valence-corrected chi connectivity index (χ2v) is 3.86. The molecule has 0 heterocycles. The molecular formula is C10H23O4P. The largest absolute Gasteiger partial charge is 0.469 e. The first-order valence-corrected chi connectivity index (χ1v) is 5.92. The zero-order valence-corrected chi connectivity index (χ0v) is 11.2. The van der Waals surface area contributed by atoms with Crippen LogP contribution in [0.2, 0.25) is 0 Å². The zero-order chi connectivity index (χ0) is 11.9. The normalized spacial score (nSPS) is 9.07. The Morgan fingerprint density at radius 3 is 2.00 bits per heavy atom. The molecular weight excluding hydrogens is 215 g/mol. The van der Waals surface area contributed by atoms with Crippen molar-refractivity contribution in [1.82, 2.24) is 0 Å². The molecule has 0 aliphatic heterocycles. The molecule has 0 atom stereocenters. The minimum atomic E-state index is -0.0869. The maximum Gasteiger partial charge on any atom is 0.305 e. The lowest BCUT2D eigenvalue weighted by Crippen LogP contribution is -1.98.